The molecule has 7 heteroatoms. The molecule has 2 heterocycles. The van der Waals surface area contributed by atoms with Crippen molar-refractivity contribution in [1.29, 1.82) is 0 Å². The van der Waals surface area contributed by atoms with Gasteiger partial charge in [0.05, 0.1) is 5.69 Å². The van der Waals surface area contributed by atoms with E-state index in [1.165, 1.54) is 6.92 Å². The van der Waals surface area contributed by atoms with Crippen molar-refractivity contribution in [2.45, 2.75) is 25.8 Å². The molecular formula is C25H27N5O2. The molecule has 1 amide bonds. The molecule has 4 rings (SSSR count). The minimum atomic E-state index is -0.385. The van der Waals surface area contributed by atoms with Gasteiger partial charge in [0.2, 0.25) is 0 Å². The molecule has 0 radical (unpaired) electrons. The molecule has 1 aliphatic heterocycles. The van der Waals surface area contributed by atoms with Crippen molar-refractivity contribution < 1.29 is 9.59 Å². The van der Waals surface area contributed by atoms with Gasteiger partial charge in [-0.15, -0.1) is 0 Å². The zero-order chi connectivity index (χ0) is 22.5. The Morgan fingerprint density at radius 1 is 0.969 bits per heavy atom. The summed E-state index contributed by atoms with van der Waals surface area (Å²) in [4.78, 5) is 36.6. The van der Waals surface area contributed by atoms with Crippen molar-refractivity contribution in [3.05, 3.63) is 71.9 Å². The summed E-state index contributed by atoms with van der Waals surface area (Å²) in [6.07, 6.45) is 2.02. The van der Waals surface area contributed by atoms with Crippen LogP contribution in [0.25, 0.3) is 11.4 Å². The first-order valence-electron chi connectivity index (χ1n) is 10.8. The van der Waals surface area contributed by atoms with Crippen LogP contribution in [-0.4, -0.2) is 52.7 Å². The highest BCUT2D eigenvalue weighted by molar-refractivity contribution is 6.08. The SMILES string of the molecule is CC(=O)c1ccccc1NC(=O)c1cc(NC2CCN(C)CC2)nc(-c2ccccc2)n1. The predicted molar refractivity (Wildman–Crippen MR) is 126 cm³/mol. The lowest BCUT2D eigenvalue weighted by molar-refractivity contribution is 0.101. The number of nitrogens with zero attached hydrogens (tertiary/aromatic N) is 3. The first-order valence-corrected chi connectivity index (χ1v) is 10.8. The third-order valence-electron chi connectivity index (χ3n) is 5.62. The maximum Gasteiger partial charge on any atom is 0.274 e. The van der Waals surface area contributed by atoms with Gasteiger partial charge in [-0.3, -0.25) is 9.59 Å². The van der Waals surface area contributed by atoms with E-state index in [4.69, 9.17) is 0 Å². The monoisotopic (exact) mass is 429 g/mol. The van der Waals surface area contributed by atoms with Crippen molar-refractivity contribution in [1.82, 2.24) is 14.9 Å². The van der Waals surface area contributed by atoms with Crippen molar-refractivity contribution in [3.63, 3.8) is 0 Å². The zero-order valence-electron chi connectivity index (χ0n) is 18.3. The van der Waals surface area contributed by atoms with Crippen LogP contribution in [0.2, 0.25) is 0 Å². The Balaban J connectivity index is 1.64. The van der Waals surface area contributed by atoms with Crippen LogP contribution in [0.5, 0.6) is 0 Å². The molecule has 0 aliphatic carbocycles. The van der Waals surface area contributed by atoms with Crippen LogP contribution in [-0.2, 0) is 0 Å². The molecule has 0 atom stereocenters. The summed E-state index contributed by atoms with van der Waals surface area (Å²) in [5.74, 6) is 0.606. The van der Waals surface area contributed by atoms with Crippen molar-refractivity contribution in [2.75, 3.05) is 30.8 Å². The number of carbonyl (C=O) groups excluding carboxylic acids is 2. The summed E-state index contributed by atoms with van der Waals surface area (Å²) in [5.41, 5.74) is 2.00. The standard InChI is InChI=1S/C25H27N5O2/c1-17(31)20-10-6-7-11-21(20)28-25(32)22-16-23(26-19-12-14-30(2)15-13-19)29-24(27-22)18-8-4-3-5-9-18/h3-11,16,19H,12-15H2,1-2H3,(H,28,32)(H,26,27,29). The number of benzene rings is 2. The largest absolute Gasteiger partial charge is 0.367 e. The van der Waals surface area contributed by atoms with E-state index in [1.807, 2.05) is 30.3 Å². The van der Waals surface area contributed by atoms with Gasteiger partial charge in [0.15, 0.2) is 11.6 Å². The Morgan fingerprint density at radius 2 is 1.66 bits per heavy atom. The van der Waals surface area contributed by atoms with Gasteiger partial charge < -0.3 is 15.5 Å². The molecule has 1 aliphatic rings. The van der Waals surface area contributed by atoms with Gasteiger partial charge in [0, 0.05) is 23.2 Å². The van der Waals surface area contributed by atoms with Gasteiger partial charge in [0.25, 0.3) is 5.91 Å². The van der Waals surface area contributed by atoms with Crippen LogP contribution < -0.4 is 10.6 Å². The number of aromatic nitrogens is 2. The number of amides is 1. The summed E-state index contributed by atoms with van der Waals surface area (Å²) in [6, 6.07) is 18.5. The average molecular weight is 430 g/mol. The number of nitrogens with one attached hydrogen (secondary N) is 2. The summed E-state index contributed by atoms with van der Waals surface area (Å²) in [7, 11) is 2.12. The first-order chi connectivity index (χ1) is 15.5. The maximum absolute atomic E-state index is 13.1. The Kier molecular flexibility index (Phi) is 6.56. The normalized spacial score (nSPS) is 14.7. The molecule has 0 bridgehead atoms. The number of para-hydroxylation sites is 1. The van der Waals surface area contributed by atoms with E-state index >= 15 is 0 Å². The number of carbonyl (C=O) groups is 2. The molecule has 3 aromatic rings. The van der Waals surface area contributed by atoms with E-state index < -0.39 is 0 Å². The van der Waals surface area contributed by atoms with E-state index in [0.29, 0.717) is 28.9 Å². The molecule has 0 spiro atoms. The van der Waals surface area contributed by atoms with Crippen molar-refractivity contribution >= 4 is 23.2 Å². The number of ketones is 1. The molecule has 32 heavy (non-hydrogen) atoms. The molecule has 0 unspecified atom stereocenters. The second-order valence-electron chi connectivity index (χ2n) is 8.11. The van der Waals surface area contributed by atoms with Crippen LogP contribution in [0.15, 0.2) is 60.7 Å². The topological polar surface area (TPSA) is 87.2 Å². The van der Waals surface area contributed by atoms with Gasteiger partial charge in [-0.25, -0.2) is 9.97 Å². The fraction of sp³-hybridized carbons (Fsp3) is 0.280. The second kappa shape index (κ2) is 9.70. The van der Waals surface area contributed by atoms with Crippen LogP contribution >= 0.6 is 0 Å². The van der Waals surface area contributed by atoms with Gasteiger partial charge >= 0.3 is 0 Å². The fourth-order valence-electron chi connectivity index (χ4n) is 3.80. The molecule has 0 saturated carbocycles. The molecule has 2 N–H and O–H groups in total. The molecule has 1 saturated heterocycles. The molecule has 2 aromatic carbocycles. The molecule has 1 fully saturated rings. The third-order valence-corrected chi connectivity index (χ3v) is 5.62. The van der Waals surface area contributed by atoms with Crippen molar-refractivity contribution in [3.8, 4) is 11.4 Å². The Morgan fingerprint density at radius 3 is 2.38 bits per heavy atom. The number of Topliss-reactive ketones (excluding diaryl/α,β-unsaturated/α-hetero) is 1. The summed E-state index contributed by atoms with van der Waals surface area (Å²) in [6.45, 7) is 3.51. The Labute approximate surface area is 187 Å². The lowest BCUT2D eigenvalue weighted by atomic mass is 10.1. The van der Waals surface area contributed by atoms with E-state index in [2.05, 4.69) is 32.5 Å². The minimum absolute atomic E-state index is 0.113. The number of hydrogen-bond donors (Lipinski definition) is 2. The number of piperidine rings is 1. The molecule has 164 valence electrons. The summed E-state index contributed by atoms with van der Waals surface area (Å²) >= 11 is 0. The number of rotatable bonds is 6. The molecule has 1 aromatic heterocycles. The van der Waals surface area contributed by atoms with Crippen LogP contribution in [0.4, 0.5) is 11.5 Å². The highest BCUT2D eigenvalue weighted by atomic mass is 16.2. The van der Waals surface area contributed by atoms with E-state index in [-0.39, 0.29) is 17.4 Å². The predicted octanol–water partition coefficient (Wildman–Crippen LogP) is 4.10. The summed E-state index contributed by atoms with van der Waals surface area (Å²) in [5, 5.41) is 6.33. The first kappa shape index (κ1) is 21.6. The second-order valence-corrected chi connectivity index (χ2v) is 8.11. The van der Waals surface area contributed by atoms with Gasteiger partial charge in [-0.1, -0.05) is 42.5 Å². The summed E-state index contributed by atoms with van der Waals surface area (Å²) < 4.78 is 0. The highest BCUT2D eigenvalue weighted by Crippen LogP contribution is 2.22. The third kappa shape index (κ3) is 5.18. The van der Waals surface area contributed by atoms with Gasteiger partial charge in [-0.2, -0.15) is 0 Å². The number of anilines is 2. The van der Waals surface area contributed by atoms with E-state index in [0.717, 1.165) is 31.5 Å². The van der Waals surface area contributed by atoms with Gasteiger partial charge in [-0.05, 0) is 52.0 Å². The van der Waals surface area contributed by atoms with Crippen LogP contribution in [0.3, 0.4) is 0 Å². The van der Waals surface area contributed by atoms with Crippen LogP contribution in [0.1, 0.15) is 40.6 Å². The van der Waals surface area contributed by atoms with Crippen molar-refractivity contribution in [2.24, 2.45) is 0 Å². The Hall–Kier alpha value is -3.58. The lowest BCUT2D eigenvalue weighted by Gasteiger charge is -2.29. The lowest BCUT2D eigenvalue weighted by Crippen LogP contribution is -2.37. The average Bonchev–Trinajstić information content (AvgIpc) is 2.81. The molecule has 7 nitrogen and oxygen atoms in total. The quantitative estimate of drug-likeness (QED) is 0.574. The van der Waals surface area contributed by atoms with Gasteiger partial charge in [0.1, 0.15) is 11.5 Å². The highest BCUT2D eigenvalue weighted by Gasteiger charge is 2.20. The fourth-order valence-corrected chi connectivity index (χ4v) is 3.80. The Bertz CT molecular complexity index is 1110. The van der Waals surface area contributed by atoms with Crippen LogP contribution in [0, 0.1) is 0 Å². The zero-order valence-corrected chi connectivity index (χ0v) is 18.3. The maximum atomic E-state index is 13.1. The number of likely N-dealkylation sites (tertiary alicyclic amines) is 1. The molecular weight excluding hydrogens is 402 g/mol. The number of hydrogen-bond acceptors (Lipinski definition) is 6. The van der Waals surface area contributed by atoms with E-state index in [9.17, 15) is 9.59 Å². The van der Waals surface area contributed by atoms with E-state index in [1.54, 1.807) is 30.3 Å². The minimum Gasteiger partial charge on any atom is -0.367 e. The smallest absolute Gasteiger partial charge is 0.274 e.